The number of aliphatic hydroxyl groups is 1. The summed E-state index contributed by atoms with van der Waals surface area (Å²) in [6.45, 7) is 1.73. The number of benzene rings is 1. The third-order valence-electron chi connectivity index (χ3n) is 2.41. The maximum atomic E-state index is 9.10. The highest BCUT2D eigenvalue weighted by Crippen LogP contribution is 2.28. The molecule has 94 valence electrons. The molecule has 1 aromatic carbocycles. The van der Waals surface area contributed by atoms with E-state index in [0.717, 1.165) is 10.0 Å². The van der Waals surface area contributed by atoms with Gasteiger partial charge in [-0.05, 0) is 30.7 Å². The molecule has 0 spiro atoms. The van der Waals surface area contributed by atoms with Crippen molar-refractivity contribution in [1.82, 2.24) is 4.98 Å². The quantitative estimate of drug-likeness (QED) is 0.922. The third-order valence-corrected chi connectivity index (χ3v) is 3.24. The topological polar surface area (TPSA) is 42.4 Å². The lowest BCUT2D eigenvalue weighted by atomic mass is 10.2. The summed E-state index contributed by atoms with van der Waals surface area (Å²) in [5.74, 6) is 1.12. The molecule has 0 atom stereocenters. The summed E-state index contributed by atoms with van der Waals surface area (Å²) in [6.07, 6.45) is 0. The van der Waals surface area contributed by atoms with E-state index in [1.807, 2.05) is 25.1 Å². The van der Waals surface area contributed by atoms with Crippen molar-refractivity contribution in [3.63, 3.8) is 0 Å². The molecule has 2 aromatic rings. The average molecular weight is 329 g/mol. The fourth-order valence-corrected chi connectivity index (χ4v) is 1.93. The molecule has 0 aliphatic rings. The third kappa shape index (κ3) is 3.02. The number of aromatic nitrogens is 1. The standard InChI is InChI=1S/C13H11BrClNO2/c1-8-2-3-9(14)6-12(8)18-13-5-4-10(15)11(7-17)16-13/h2-6,17H,7H2,1H3. The highest BCUT2D eigenvalue weighted by molar-refractivity contribution is 9.10. The summed E-state index contributed by atoms with van der Waals surface area (Å²) < 4.78 is 6.61. The summed E-state index contributed by atoms with van der Waals surface area (Å²) in [6, 6.07) is 9.08. The van der Waals surface area contributed by atoms with Crippen molar-refractivity contribution >= 4 is 27.5 Å². The maximum Gasteiger partial charge on any atom is 0.219 e. The van der Waals surface area contributed by atoms with Gasteiger partial charge in [-0.2, -0.15) is 0 Å². The lowest BCUT2D eigenvalue weighted by Crippen LogP contribution is -1.95. The van der Waals surface area contributed by atoms with Gasteiger partial charge < -0.3 is 9.84 Å². The van der Waals surface area contributed by atoms with Gasteiger partial charge in [0.15, 0.2) is 0 Å². The van der Waals surface area contributed by atoms with Gasteiger partial charge in [-0.25, -0.2) is 4.98 Å². The molecule has 5 heteroatoms. The molecule has 0 saturated carbocycles. The molecule has 0 radical (unpaired) electrons. The van der Waals surface area contributed by atoms with E-state index >= 15 is 0 Å². The number of aryl methyl sites for hydroxylation is 1. The number of nitrogens with zero attached hydrogens (tertiary/aromatic N) is 1. The Morgan fingerprint density at radius 2 is 2.11 bits per heavy atom. The second-order valence-corrected chi connectivity index (χ2v) is 5.07. The number of aliphatic hydroxyl groups excluding tert-OH is 1. The zero-order valence-corrected chi connectivity index (χ0v) is 12.0. The molecule has 0 aliphatic heterocycles. The monoisotopic (exact) mass is 327 g/mol. The van der Waals surface area contributed by atoms with Crippen molar-refractivity contribution < 1.29 is 9.84 Å². The van der Waals surface area contributed by atoms with Crippen LogP contribution in [0.25, 0.3) is 0 Å². The van der Waals surface area contributed by atoms with Crippen LogP contribution in [0.1, 0.15) is 11.3 Å². The normalized spacial score (nSPS) is 10.4. The van der Waals surface area contributed by atoms with E-state index in [1.54, 1.807) is 12.1 Å². The number of pyridine rings is 1. The van der Waals surface area contributed by atoms with Gasteiger partial charge in [0.25, 0.3) is 0 Å². The number of halogens is 2. The van der Waals surface area contributed by atoms with Crippen LogP contribution in [0, 0.1) is 6.92 Å². The molecule has 0 bridgehead atoms. The van der Waals surface area contributed by atoms with Crippen LogP contribution in [0.2, 0.25) is 5.02 Å². The van der Waals surface area contributed by atoms with E-state index in [2.05, 4.69) is 20.9 Å². The van der Waals surface area contributed by atoms with Crippen LogP contribution in [-0.4, -0.2) is 10.1 Å². The second kappa shape index (κ2) is 5.69. The minimum Gasteiger partial charge on any atom is -0.439 e. The lowest BCUT2D eigenvalue weighted by molar-refractivity contribution is 0.275. The Labute approximate surface area is 119 Å². The highest BCUT2D eigenvalue weighted by Gasteiger charge is 2.07. The summed E-state index contributed by atoms with van der Waals surface area (Å²) in [7, 11) is 0. The first kappa shape index (κ1) is 13.3. The van der Waals surface area contributed by atoms with Gasteiger partial charge in [0.05, 0.1) is 17.3 Å². The number of hydrogen-bond acceptors (Lipinski definition) is 3. The van der Waals surface area contributed by atoms with Crippen molar-refractivity contribution in [2.24, 2.45) is 0 Å². The van der Waals surface area contributed by atoms with Crippen LogP contribution in [0.5, 0.6) is 11.6 Å². The van der Waals surface area contributed by atoms with Crippen LogP contribution in [0.3, 0.4) is 0 Å². The van der Waals surface area contributed by atoms with Gasteiger partial charge in [-0.1, -0.05) is 33.6 Å². The first-order chi connectivity index (χ1) is 8.60. The molecular formula is C13H11BrClNO2. The highest BCUT2D eigenvalue weighted by atomic mass is 79.9. The molecule has 2 rings (SSSR count). The predicted molar refractivity (Wildman–Crippen MR) is 74.1 cm³/mol. The van der Waals surface area contributed by atoms with Gasteiger partial charge in [-0.15, -0.1) is 0 Å². The Bertz CT molecular complexity index is 575. The van der Waals surface area contributed by atoms with Crippen molar-refractivity contribution in [2.45, 2.75) is 13.5 Å². The largest absolute Gasteiger partial charge is 0.439 e. The molecule has 1 N–H and O–H groups in total. The molecule has 0 aliphatic carbocycles. The predicted octanol–water partition coefficient (Wildman–Crippen LogP) is 4.09. The van der Waals surface area contributed by atoms with E-state index in [4.69, 9.17) is 21.4 Å². The summed E-state index contributed by atoms with van der Waals surface area (Å²) in [5.41, 5.74) is 1.40. The first-order valence-corrected chi connectivity index (χ1v) is 6.47. The van der Waals surface area contributed by atoms with Gasteiger partial charge in [-0.3, -0.25) is 0 Å². The number of hydrogen-bond donors (Lipinski definition) is 1. The fraction of sp³-hybridized carbons (Fsp3) is 0.154. The Morgan fingerprint density at radius 1 is 1.33 bits per heavy atom. The minimum absolute atomic E-state index is 0.215. The van der Waals surface area contributed by atoms with E-state index in [9.17, 15) is 0 Å². The minimum atomic E-state index is -0.215. The van der Waals surface area contributed by atoms with Crippen molar-refractivity contribution in [2.75, 3.05) is 0 Å². The molecule has 1 aromatic heterocycles. The van der Waals surface area contributed by atoms with E-state index in [0.29, 0.717) is 22.3 Å². The van der Waals surface area contributed by atoms with Crippen molar-refractivity contribution in [3.05, 3.63) is 51.1 Å². The molecule has 1 heterocycles. The van der Waals surface area contributed by atoms with Gasteiger partial charge >= 0.3 is 0 Å². The van der Waals surface area contributed by atoms with Crippen molar-refractivity contribution in [3.8, 4) is 11.6 Å². The first-order valence-electron chi connectivity index (χ1n) is 5.30. The molecule has 0 amide bonds. The van der Waals surface area contributed by atoms with Crippen molar-refractivity contribution in [1.29, 1.82) is 0 Å². The van der Waals surface area contributed by atoms with E-state index < -0.39 is 0 Å². The summed E-state index contributed by atoms with van der Waals surface area (Å²) >= 11 is 9.26. The molecular weight excluding hydrogens is 318 g/mol. The molecule has 18 heavy (non-hydrogen) atoms. The molecule has 0 fully saturated rings. The summed E-state index contributed by atoms with van der Waals surface area (Å²) in [4.78, 5) is 4.14. The summed E-state index contributed by atoms with van der Waals surface area (Å²) in [5, 5.41) is 9.52. The lowest BCUT2D eigenvalue weighted by Gasteiger charge is -2.09. The zero-order valence-electron chi connectivity index (χ0n) is 9.65. The van der Waals surface area contributed by atoms with Crippen LogP contribution in [-0.2, 0) is 6.61 Å². The molecule has 0 unspecified atom stereocenters. The van der Waals surface area contributed by atoms with Crippen LogP contribution in [0.15, 0.2) is 34.8 Å². The Morgan fingerprint density at radius 3 is 2.83 bits per heavy atom. The van der Waals surface area contributed by atoms with Gasteiger partial charge in [0.1, 0.15) is 5.75 Å². The Balaban J connectivity index is 2.31. The van der Waals surface area contributed by atoms with Gasteiger partial charge in [0, 0.05) is 10.5 Å². The van der Waals surface area contributed by atoms with Crippen LogP contribution in [0.4, 0.5) is 0 Å². The Hall–Kier alpha value is -1.10. The number of ether oxygens (including phenoxy) is 1. The Kier molecular flexibility index (Phi) is 4.22. The second-order valence-electron chi connectivity index (χ2n) is 3.75. The maximum absolute atomic E-state index is 9.10. The molecule has 3 nitrogen and oxygen atoms in total. The zero-order chi connectivity index (χ0) is 13.1. The van der Waals surface area contributed by atoms with E-state index in [-0.39, 0.29) is 6.61 Å². The van der Waals surface area contributed by atoms with Crippen LogP contribution >= 0.6 is 27.5 Å². The van der Waals surface area contributed by atoms with Gasteiger partial charge in [0.2, 0.25) is 5.88 Å². The van der Waals surface area contributed by atoms with E-state index in [1.165, 1.54) is 0 Å². The van der Waals surface area contributed by atoms with Crippen LogP contribution < -0.4 is 4.74 Å². The smallest absolute Gasteiger partial charge is 0.219 e. The average Bonchev–Trinajstić information content (AvgIpc) is 2.36. The fourth-order valence-electron chi connectivity index (χ4n) is 1.43. The molecule has 0 saturated heterocycles. The SMILES string of the molecule is Cc1ccc(Br)cc1Oc1ccc(Cl)c(CO)n1. The number of rotatable bonds is 3.